The van der Waals surface area contributed by atoms with E-state index in [1.807, 2.05) is 13.0 Å². The van der Waals surface area contributed by atoms with Gasteiger partial charge in [0.25, 0.3) is 15.9 Å². The van der Waals surface area contributed by atoms with Gasteiger partial charge < -0.3 is 5.32 Å². The highest BCUT2D eigenvalue weighted by molar-refractivity contribution is 7.92. The molecule has 0 aliphatic heterocycles. The highest BCUT2D eigenvalue weighted by atomic mass is 32.2. The van der Waals surface area contributed by atoms with Gasteiger partial charge in [-0.1, -0.05) is 18.2 Å². The topological polar surface area (TPSA) is 75.3 Å². The van der Waals surface area contributed by atoms with E-state index in [1.165, 1.54) is 42.5 Å². The van der Waals surface area contributed by atoms with E-state index in [-0.39, 0.29) is 10.5 Å². The minimum Gasteiger partial charge on any atom is -0.322 e. The number of amides is 1. The van der Waals surface area contributed by atoms with Gasteiger partial charge in [-0.05, 0) is 73.5 Å². The average Bonchev–Trinajstić information content (AvgIpc) is 2.64. The second kappa shape index (κ2) is 7.82. The van der Waals surface area contributed by atoms with Crippen molar-refractivity contribution in [3.05, 3.63) is 89.2 Å². The van der Waals surface area contributed by atoms with Crippen LogP contribution in [0.1, 0.15) is 21.5 Å². The van der Waals surface area contributed by atoms with Crippen LogP contribution in [-0.2, 0) is 10.0 Å². The molecule has 28 heavy (non-hydrogen) atoms. The number of nitrogens with one attached hydrogen (secondary N) is 2. The Balaban J connectivity index is 1.83. The standard InChI is InChI=1S/C21H19FN2O3S/c1-14-5-3-7-18(11-14)24-28(26,27)19-8-4-6-16(13-19)21(25)23-20-10-9-17(22)12-15(20)2/h3-13,24H,1-2H3,(H,23,25). The van der Waals surface area contributed by atoms with Gasteiger partial charge in [0.1, 0.15) is 5.82 Å². The van der Waals surface area contributed by atoms with E-state index in [4.69, 9.17) is 0 Å². The molecular weight excluding hydrogens is 379 g/mol. The number of anilines is 2. The van der Waals surface area contributed by atoms with Crippen molar-refractivity contribution in [1.29, 1.82) is 0 Å². The fourth-order valence-corrected chi connectivity index (χ4v) is 3.78. The van der Waals surface area contributed by atoms with E-state index in [0.29, 0.717) is 16.9 Å². The molecule has 2 N–H and O–H groups in total. The molecule has 3 aromatic carbocycles. The van der Waals surface area contributed by atoms with Gasteiger partial charge in [-0.2, -0.15) is 0 Å². The number of carbonyl (C=O) groups is 1. The number of carbonyl (C=O) groups excluding carboxylic acids is 1. The molecule has 1 amide bonds. The molecule has 0 bridgehead atoms. The van der Waals surface area contributed by atoms with Crippen molar-refractivity contribution >= 4 is 27.3 Å². The third kappa shape index (κ3) is 4.55. The fraction of sp³-hybridized carbons (Fsp3) is 0.0952. The summed E-state index contributed by atoms with van der Waals surface area (Å²) in [6, 6.07) is 16.7. The van der Waals surface area contributed by atoms with Crippen molar-refractivity contribution in [2.75, 3.05) is 10.0 Å². The molecule has 3 aromatic rings. The number of halogens is 1. The first-order valence-electron chi connectivity index (χ1n) is 8.52. The van der Waals surface area contributed by atoms with Crippen LogP contribution in [0, 0.1) is 19.7 Å². The zero-order valence-corrected chi connectivity index (χ0v) is 16.2. The van der Waals surface area contributed by atoms with E-state index >= 15 is 0 Å². The molecule has 0 radical (unpaired) electrons. The average molecular weight is 398 g/mol. The van der Waals surface area contributed by atoms with Crippen LogP contribution in [0.2, 0.25) is 0 Å². The van der Waals surface area contributed by atoms with Crippen LogP contribution in [0.5, 0.6) is 0 Å². The normalized spacial score (nSPS) is 11.1. The predicted octanol–water partition coefficient (Wildman–Crippen LogP) is 4.50. The first kappa shape index (κ1) is 19.6. The van der Waals surface area contributed by atoms with E-state index < -0.39 is 21.7 Å². The Morgan fingerprint density at radius 3 is 2.39 bits per heavy atom. The van der Waals surface area contributed by atoms with Gasteiger partial charge in [0.15, 0.2) is 0 Å². The van der Waals surface area contributed by atoms with E-state index in [9.17, 15) is 17.6 Å². The van der Waals surface area contributed by atoms with Crippen molar-refractivity contribution in [3.63, 3.8) is 0 Å². The highest BCUT2D eigenvalue weighted by Gasteiger charge is 2.17. The molecule has 0 fully saturated rings. The monoisotopic (exact) mass is 398 g/mol. The molecule has 0 aliphatic carbocycles. The van der Waals surface area contributed by atoms with Gasteiger partial charge in [-0.3, -0.25) is 9.52 Å². The van der Waals surface area contributed by atoms with Gasteiger partial charge in [-0.15, -0.1) is 0 Å². The fourth-order valence-electron chi connectivity index (χ4n) is 2.69. The van der Waals surface area contributed by atoms with Crippen molar-refractivity contribution in [2.24, 2.45) is 0 Å². The van der Waals surface area contributed by atoms with Crippen molar-refractivity contribution < 1.29 is 17.6 Å². The predicted molar refractivity (Wildman–Crippen MR) is 108 cm³/mol. The summed E-state index contributed by atoms with van der Waals surface area (Å²) in [5, 5.41) is 2.67. The summed E-state index contributed by atoms with van der Waals surface area (Å²) in [7, 11) is -3.85. The Labute approximate surface area is 163 Å². The van der Waals surface area contributed by atoms with Crippen LogP contribution in [0.3, 0.4) is 0 Å². The molecule has 7 heteroatoms. The number of hydrogen-bond acceptors (Lipinski definition) is 3. The van der Waals surface area contributed by atoms with Gasteiger partial charge in [-0.25, -0.2) is 12.8 Å². The SMILES string of the molecule is Cc1cccc(NS(=O)(=O)c2cccc(C(=O)Nc3ccc(F)cc3C)c2)c1. The lowest BCUT2D eigenvalue weighted by Gasteiger charge is -2.11. The molecule has 0 aliphatic rings. The summed E-state index contributed by atoms with van der Waals surface area (Å²) in [6.07, 6.45) is 0. The Kier molecular flexibility index (Phi) is 5.46. The lowest BCUT2D eigenvalue weighted by atomic mass is 10.1. The van der Waals surface area contributed by atoms with Crippen molar-refractivity contribution in [3.8, 4) is 0 Å². The summed E-state index contributed by atoms with van der Waals surface area (Å²) < 4.78 is 41.0. The van der Waals surface area contributed by atoms with Crippen LogP contribution < -0.4 is 10.0 Å². The third-order valence-electron chi connectivity index (χ3n) is 4.11. The number of benzene rings is 3. The Morgan fingerprint density at radius 1 is 0.929 bits per heavy atom. The van der Waals surface area contributed by atoms with Crippen LogP contribution in [0.25, 0.3) is 0 Å². The number of aryl methyl sites for hydroxylation is 2. The maximum atomic E-state index is 13.2. The first-order valence-corrected chi connectivity index (χ1v) is 10.00. The minimum atomic E-state index is -3.85. The van der Waals surface area contributed by atoms with Crippen molar-refractivity contribution in [1.82, 2.24) is 0 Å². The number of hydrogen-bond donors (Lipinski definition) is 2. The molecule has 0 aromatic heterocycles. The molecule has 3 rings (SSSR count). The summed E-state index contributed by atoms with van der Waals surface area (Å²) in [6.45, 7) is 3.53. The molecule has 5 nitrogen and oxygen atoms in total. The lowest BCUT2D eigenvalue weighted by molar-refractivity contribution is 0.102. The van der Waals surface area contributed by atoms with Crippen LogP contribution >= 0.6 is 0 Å². The summed E-state index contributed by atoms with van der Waals surface area (Å²) in [4.78, 5) is 12.5. The maximum absolute atomic E-state index is 13.2. The first-order chi connectivity index (χ1) is 13.2. The zero-order valence-electron chi connectivity index (χ0n) is 15.4. The smallest absolute Gasteiger partial charge is 0.261 e. The molecule has 0 atom stereocenters. The third-order valence-corrected chi connectivity index (χ3v) is 5.49. The molecule has 0 saturated carbocycles. The largest absolute Gasteiger partial charge is 0.322 e. The summed E-state index contributed by atoms with van der Waals surface area (Å²) in [5.74, 6) is -0.881. The van der Waals surface area contributed by atoms with Crippen molar-refractivity contribution in [2.45, 2.75) is 18.7 Å². The molecular formula is C21H19FN2O3S. The zero-order chi connectivity index (χ0) is 20.3. The van der Waals surface area contributed by atoms with E-state index in [2.05, 4.69) is 10.0 Å². The minimum absolute atomic E-state index is 0.0301. The van der Waals surface area contributed by atoms with Crippen LogP contribution in [0.15, 0.2) is 71.6 Å². The molecule has 144 valence electrons. The molecule has 0 heterocycles. The number of sulfonamides is 1. The van der Waals surface area contributed by atoms with E-state index in [1.54, 1.807) is 25.1 Å². The second-order valence-corrected chi connectivity index (χ2v) is 8.10. The number of rotatable bonds is 5. The lowest BCUT2D eigenvalue weighted by Crippen LogP contribution is -2.16. The van der Waals surface area contributed by atoms with Gasteiger partial charge >= 0.3 is 0 Å². The molecule has 0 spiro atoms. The quantitative estimate of drug-likeness (QED) is 0.665. The van der Waals surface area contributed by atoms with Crippen LogP contribution in [-0.4, -0.2) is 14.3 Å². The Bertz CT molecular complexity index is 1140. The van der Waals surface area contributed by atoms with Crippen LogP contribution in [0.4, 0.5) is 15.8 Å². The second-order valence-electron chi connectivity index (χ2n) is 6.42. The molecule has 0 saturated heterocycles. The Hall–Kier alpha value is -3.19. The van der Waals surface area contributed by atoms with Gasteiger partial charge in [0.05, 0.1) is 4.90 Å². The summed E-state index contributed by atoms with van der Waals surface area (Å²) >= 11 is 0. The summed E-state index contributed by atoms with van der Waals surface area (Å²) in [5.41, 5.74) is 2.56. The van der Waals surface area contributed by atoms with Gasteiger partial charge in [0.2, 0.25) is 0 Å². The Morgan fingerprint density at radius 2 is 1.68 bits per heavy atom. The maximum Gasteiger partial charge on any atom is 0.261 e. The van der Waals surface area contributed by atoms with E-state index in [0.717, 1.165) is 5.56 Å². The van der Waals surface area contributed by atoms with Gasteiger partial charge in [0, 0.05) is 16.9 Å². The highest BCUT2D eigenvalue weighted by Crippen LogP contribution is 2.20. The molecule has 0 unspecified atom stereocenters.